The van der Waals surface area contributed by atoms with E-state index in [1.807, 2.05) is 41.4 Å². The van der Waals surface area contributed by atoms with E-state index in [1.165, 1.54) is 5.56 Å². The van der Waals surface area contributed by atoms with Gasteiger partial charge in [-0.1, -0.05) is 53.7 Å². The number of nitrogens with zero attached hydrogens (tertiary/aromatic N) is 3. The number of oxazole rings is 1. The Labute approximate surface area is 207 Å². The van der Waals surface area contributed by atoms with Crippen LogP contribution in [0.1, 0.15) is 63.9 Å². The molecule has 0 aliphatic carbocycles. The second kappa shape index (κ2) is 9.61. The van der Waals surface area contributed by atoms with Crippen molar-refractivity contribution in [1.29, 1.82) is 0 Å². The van der Waals surface area contributed by atoms with E-state index in [0.29, 0.717) is 24.7 Å². The number of aromatic hydroxyl groups is 1. The molecule has 0 amide bonds. The maximum atomic E-state index is 11.0. The van der Waals surface area contributed by atoms with Crippen molar-refractivity contribution in [3.05, 3.63) is 83.8 Å². The zero-order valence-electron chi connectivity index (χ0n) is 21.5. The highest BCUT2D eigenvalue weighted by molar-refractivity contribution is 5.63. The lowest BCUT2D eigenvalue weighted by Gasteiger charge is -2.27. The molecule has 2 aromatic heterocycles. The number of ether oxygens (including phenoxy) is 1. The molecule has 35 heavy (non-hydrogen) atoms. The number of benzene rings is 2. The zero-order chi connectivity index (χ0) is 25.2. The molecular formula is C29H35N3O3. The Bertz CT molecular complexity index is 1220. The molecule has 4 rings (SSSR count). The third-order valence-corrected chi connectivity index (χ3v) is 6.00. The van der Waals surface area contributed by atoms with Crippen LogP contribution in [0.3, 0.4) is 0 Å². The van der Waals surface area contributed by atoms with Crippen molar-refractivity contribution in [2.45, 2.75) is 65.3 Å². The van der Waals surface area contributed by atoms with Gasteiger partial charge in [-0.05, 0) is 40.7 Å². The molecule has 2 aromatic carbocycles. The summed E-state index contributed by atoms with van der Waals surface area (Å²) in [6.07, 6.45) is 7.86. The molecule has 1 N–H and O–H groups in total. The fourth-order valence-corrected chi connectivity index (χ4v) is 4.01. The van der Waals surface area contributed by atoms with Crippen molar-refractivity contribution in [2.24, 2.45) is 0 Å². The van der Waals surface area contributed by atoms with Crippen LogP contribution in [-0.4, -0.2) is 26.2 Å². The first kappa shape index (κ1) is 24.6. The van der Waals surface area contributed by atoms with E-state index in [-0.39, 0.29) is 10.8 Å². The molecule has 0 bridgehead atoms. The largest absolute Gasteiger partial charge is 0.507 e. The zero-order valence-corrected chi connectivity index (χ0v) is 21.5. The quantitative estimate of drug-likeness (QED) is 0.331. The van der Waals surface area contributed by atoms with Crippen molar-refractivity contribution >= 4 is 0 Å². The Balaban J connectivity index is 1.43. The SMILES string of the molecule is CC(C)(C)c1cc(-c2nc(CCOc3ccc(Cn4ccnc4)cc3)co2)cc(C(C)(C)C)c1O. The van der Waals surface area contributed by atoms with Gasteiger partial charge in [-0.3, -0.25) is 0 Å². The van der Waals surface area contributed by atoms with E-state index in [2.05, 4.69) is 58.7 Å². The molecule has 0 radical (unpaired) electrons. The number of phenolic OH excluding ortho intramolecular Hbond substituents is 1. The Hall–Kier alpha value is -3.54. The lowest BCUT2D eigenvalue weighted by Crippen LogP contribution is -2.17. The Morgan fingerprint density at radius 2 is 1.63 bits per heavy atom. The summed E-state index contributed by atoms with van der Waals surface area (Å²) in [4.78, 5) is 8.78. The Kier molecular flexibility index (Phi) is 6.75. The number of hydrogen-bond donors (Lipinski definition) is 1. The maximum Gasteiger partial charge on any atom is 0.226 e. The van der Waals surface area contributed by atoms with Gasteiger partial charge in [0.2, 0.25) is 5.89 Å². The van der Waals surface area contributed by atoms with Crippen LogP contribution in [0.4, 0.5) is 0 Å². The minimum absolute atomic E-state index is 0.211. The van der Waals surface area contributed by atoms with Gasteiger partial charge in [-0.25, -0.2) is 9.97 Å². The number of phenols is 1. The highest BCUT2D eigenvalue weighted by Gasteiger charge is 2.27. The Morgan fingerprint density at radius 3 is 2.20 bits per heavy atom. The average Bonchev–Trinajstić information content (AvgIpc) is 3.46. The molecule has 6 heteroatoms. The second-order valence-corrected chi connectivity index (χ2v) is 11.0. The van der Waals surface area contributed by atoms with Gasteiger partial charge in [0.25, 0.3) is 0 Å². The lowest BCUT2D eigenvalue weighted by atomic mass is 9.78. The molecule has 0 unspecified atom stereocenters. The highest BCUT2D eigenvalue weighted by Crippen LogP contribution is 2.41. The van der Waals surface area contributed by atoms with Gasteiger partial charge in [0, 0.05) is 42.0 Å². The summed E-state index contributed by atoms with van der Waals surface area (Å²) in [7, 11) is 0. The van der Waals surface area contributed by atoms with Crippen LogP contribution in [0.2, 0.25) is 0 Å². The summed E-state index contributed by atoms with van der Waals surface area (Å²) < 4.78 is 13.8. The van der Waals surface area contributed by atoms with Crippen LogP contribution < -0.4 is 4.74 Å². The summed E-state index contributed by atoms with van der Waals surface area (Å²) >= 11 is 0. The highest BCUT2D eigenvalue weighted by atomic mass is 16.5. The minimum atomic E-state index is -0.211. The lowest BCUT2D eigenvalue weighted by molar-refractivity contribution is 0.320. The molecule has 0 fully saturated rings. The van der Waals surface area contributed by atoms with Crippen molar-refractivity contribution < 1.29 is 14.3 Å². The molecule has 0 atom stereocenters. The van der Waals surface area contributed by atoms with Gasteiger partial charge >= 0.3 is 0 Å². The van der Waals surface area contributed by atoms with Crippen LogP contribution in [-0.2, 0) is 23.8 Å². The normalized spacial score (nSPS) is 12.2. The number of rotatable bonds is 7. The van der Waals surface area contributed by atoms with E-state index in [1.54, 1.807) is 12.5 Å². The topological polar surface area (TPSA) is 73.3 Å². The van der Waals surface area contributed by atoms with E-state index in [9.17, 15) is 5.11 Å². The van der Waals surface area contributed by atoms with Gasteiger partial charge in [0.1, 0.15) is 17.8 Å². The first-order valence-corrected chi connectivity index (χ1v) is 12.0. The number of aromatic nitrogens is 3. The molecular weight excluding hydrogens is 438 g/mol. The van der Waals surface area contributed by atoms with Gasteiger partial charge in [0.05, 0.1) is 18.6 Å². The van der Waals surface area contributed by atoms with E-state index < -0.39 is 0 Å². The summed E-state index contributed by atoms with van der Waals surface area (Å²) in [5.41, 5.74) is 4.25. The van der Waals surface area contributed by atoms with Crippen molar-refractivity contribution in [3.63, 3.8) is 0 Å². The third-order valence-electron chi connectivity index (χ3n) is 6.00. The van der Waals surface area contributed by atoms with Crippen LogP contribution in [0, 0.1) is 0 Å². The summed E-state index contributed by atoms with van der Waals surface area (Å²) in [6, 6.07) is 12.1. The van der Waals surface area contributed by atoms with Crippen LogP contribution >= 0.6 is 0 Å². The Morgan fingerprint density at radius 1 is 0.971 bits per heavy atom. The van der Waals surface area contributed by atoms with Crippen molar-refractivity contribution in [1.82, 2.24) is 14.5 Å². The molecule has 184 valence electrons. The first-order chi connectivity index (χ1) is 16.5. The predicted octanol–water partition coefficient (Wildman–Crippen LogP) is 6.51. The van der Waals surface area contributed by atoms with Crippen molar-refractivity contribution in [3.8, 4) is 23.0 Å². The fraction of sp³-hybridized carbons (Fsp3) is 0.379. The smallest absolute Gasteiger partial charge is 0.226 e. The van der Waals surface area contributed by atoms with Gasteiger partial charge in [-0.15, -0.1) is 0 Å². The second-order valence-electron chi connectivity index (χ2n) is 11.0. The standard InChI is InChI=1S/C29H35N3O3/c1-28(2,3)24-15-21(16-25(26(24)33)29(4,5)6)27-31-22(18-35-27)11-14-34-23-9-7-20(8-10-23)17-32-13-12-30-19-32/h7-10,12-13,15-16,18-19,33H,11,14,17H2,1-6H3. The van der Waals surface area contributed by atoms with Crippen molar-refractivity contribution in [2.75, 3.05) is 6.61 Å². The number of hydrogen-bond acceptors (Lipinski definition) is 5. The van der Waals surface area contributed by atoms with Gasteiger partial charge in [0.15, 0.2) is 0 Å². The summed E-state index contributed by atoms with van der Waals surface area (Å²) in [6.45, 7) is 13.9. The average molecular weight is 474 g/mol. The van der Waals surface area contributed by atoms with E-state index in [4.69, 9.17) is 14.1 Å². The van der Waals surface area contributed by atoms with Crippen LogP contribution in [0.5, 0.6) is 11.5 Å². The third kappa shape index (κ3) is 5.94. The van der Waals surface area contributed by atoms with Crippen LogP contribution in [0.15, 0.2) is 65.8 Å². The molecule has 0 saturated carbocycles. The molecule has 6 nitrogen and oxygen atoms in total. The monoisotopic (exact) mass is 473 g/mol. The molecule has 0 aliphatic rings. The molecule has 4 aromatic rings. The van der Waals surface area contributed by atoms with E-state index >= 15 is 0 Å². The first-order valence-electron chi connectivity index (χ1n) is 12.0. The minimum Gasteiger partial charge on any atom is -0.507 e. The maximum absolute atomic E-state index is 11.0. The summed E-state index contributed by atoms with van der Waals surface area (Å²) in [5.74, 6) is 1.73. The molecule has 0 saturated heterocycles. The number of imidazole rings is 1. The summed E-state index contributed by atoms with van der Waals surface area (Å²) in [5, 5.41) is 11.0. The molecule has 0 spiro atoms. The van der Waals surface area contributed by atoms with Crippen LogP contribution in [0.25, 0.3) is 11.5 Å². The molecule has 0 aliphatic heterocycles. The van der Waals surface area contributed by atoms with Gasteiger partial charge in [-0.2, -0.15) is 0 Å². The predicted molar refractivity (Wildman–Crippen MR) is 138 cm³/mol. The fourth-order valence-electron chi connectivity index (χ4n) is 4.01. The molecule has 2 heterocycles. The van der Waals surface area contributed by atoms with E-state index in [0.717, 1.165) is 34.7 Å². The van der Waals surface area contributed by atoms with Gasteiger partial charge < -0.3 is 18.8 Å².